The van der Waals surface area contributed by atoms with Crippen molar-refractivity contribution in [1.29, 1.82) is 0 Å². The molecule has 5 rings (SSSR count). The number of hydrogen-bond donors (Lipinski definition) is 1. The summed E-state index contributed by atoms with van der Waals surface area (Å²) in [6.07, 6.45) is 3.59. The van der Waals surface area contributed by atoms with Crippen LogP contribution in [0.5, 0.6) is 0 Å². The van der Waals surface area contributed by atoms with E-state index in [1.165, 1.54) is 11.3 Å². The van der Waals surface area contributed by atoms with Crippen molar-refractivity contribution in [3.63, 3.8) is 0 Å². The second-order valence-corrected chi connectivity index (χ2v) is 10.7. The SMILES string of the molecule is CN(C)C(=O)C1CCN(c2nc3sc(C(=O)Nc4ccc(-c5ccn(C)n5)cc4)cc3s2)CC1. The van der Waals surface area contributed by atoms with Crippen molar-refractivity contribution in [3.05, 3.63) is 47.5 Å². The van der Waals surface area contributed by atoms with Crippen molar-refractivity contribution in [2.75, 3.05) is 37.4 Å². The first-order valence-corrected chi connectivity index (χ1v) is 12.8. The molecule has 34 heavy (non-hydrogen) atoms. The topological polar surface area (TPSA) is 83.4 Å². The first-order chi connectivity index (χ1) is 16.4. The van der Waals surface area contributed by atoms with Gasteiger partial charge in [-0.3, -0.25) is 14.3 Å². The number of aryl methyl sites for hydroxylation is 1. The van der Waals surface area contributed by atoms with Crippen molar-refractivity contribution in [2.45, 2.75) is 12.8 Å². The lowest BCUT2D eigenvalue weighted by Crippen LogP contribution is -2.40. The number of anilines is 2. The van der Waals surface area contributed by atoms with E-state index in [4.69, 9.17) is 4.98 Å². The number of nitrogens with zero attached hydrogens (tertiary/aromatic N) is 5. The Balaban J connectivity index is 1.22. The summed E-state index contributed by atoms with van der Waals surface area (Å²) in [6.45, 7) is 1.65. The number of hydrogen-bond acceptors (Lipinski definition) is 7. The molecular formula is C24H26N6O2S2. The van der Waals surface area contributed by atoms with E-state index < -0.39 is 0 Å². The summed E-state index contributed by atoms with van der Waals surface area (Å²) in [5, 5.41) is 8.34. The molecule has 4 aromatic rings. The number of benzene rings is 1. The molecule has 8 nitrogen and oxygen atoms in total. The van der Waals surface area contributed by atoms with E-state index in [0.29, 0.717) is 4.88 Å². The first-order valence-electron chi connectivity index (χ1n) is 11.2. The van der Waals surface area contributed by atoms with Crippen LogP contribution in [0.2, 0.25) is 0 Å². The Bertz CT molecular complexity index is 1300. The molecule has 0 saturated carbocycles. The smallest absolute Gasteiger partial charge is 0.265 e. The fourth-order valence-corrected chi connectivity index (χ4v) is 6.30. The zero-order chi connectivity index (χ0) is 23.8. The minimum atomic E-state index is -0.134. The van der Waals surface area contributed by atoms with Crippen molar-refractivity contribution < 1.29 is 9.59 Å². The van der Waals surface area contributed by atoms with Gasteiger partial charge in [-0.05, 0) is 37.1 Å². The van der Waals surface area contributed by atoms with Crippen LogP contribution in [-0.2, 0) is 11.8 Å². The Morgan fingerprint density at radius 2 is 1.82 bits per heavy atom. The normalized spacial score (nSPS) is 14.5. The molecule has 10 heteroatoms. The molecule has 0 radical (unpaired) electrons. The Morgan fingerprint density at radius 3 is 2.44 bits per heavy atom. The van der Waals surface area contributed by atoms with Gasteiger partial charge in [-0.25, -0.2) is 4.98 Å². The maximum atomic E-state index is 12.8. The zero-order valence-electron chi connectivity index (χ0n) is 19.3. The number of aromatic nitrogens is 3. The Labute approximate surface area is 205 Å². The molecule has 3 aromatic heterocycles. The average molecular weight is 495 g/mol. The third kappa shape index (κ3) is 4.55. The van der Waals surface area contributed by atoms with Crippen LogP contribution in [0.25, 0.3) is 20.8 Å². The lowest BCUT2D eigenvalue weighted by Gasteiger charge is -2.32. The summed E-state index contributed by atoms with van der Waals surface area (Å²) < 4.78 is 2.78. The van der Waals surface area contributed by atoms with Crippen LogP contribution in [0.3, 0.4) is 0 Å². The predicted octanol–water partition coefficient (Wildman–Crippen LogP) is 4.32. The van der Waals surface area contributed by atoms with Crippen LogP contribution in [0.15, 0.2) is 42.6 Å². The molecule has 1 N–H and O–H groups in total. The molecule has 1 aliphatic rings. The number of amides is 2. The van der Waals surface area contributed by atoms with Gasteiger partial charge in [-0.15, -0.1) is 11.3 Å². The summed E-state index contributed by atoms with van der Waals surface area (Å²) in [5.74, 6) is 0.174. The van der Waals surface area contributed by atoms with Gasteiger partial charge in [0.15, 0.2) is 5.13 Å². The van der Waals surface area contributed by atoms with Crippen LogP contribution >= 0.6 is 22.7 Å². The van der Waals surface area contributed by atoms with Crippen LogP contribution in [0.4, 0.5) is 10.8 Å². The maximum absolute atomic E-state index is 12.8. The number of fused-ring (bicyclic) bond motifs is 1. The van der Waals surface area contributed by atoms with Crippen molar-refractivity contribution in [2.24, 2.45) is 13.0 Å². The summed E-state index contributed by atoms with van der Waals surface area (Å²) >= 11 is 3.02. The molecule has 0 atom stereocenters. The van der Waals surface area contributed by atoms with E-state index in [2.05, 4.69) is 15.3 Å². The highest BCUT2D eigenvalue weighted by Gasteiger charge is 2.27. The van der Waals surface area contributed by atoms with Crippen LogP contribution in [0.1, 0.15) is 22.5 Å². The van der Waals surface area contributed by atoms with Gasteiger partial charge < -0.3 is 15.1 Å². The Kier molecular flexibility index (Phi) is 6.09. The van der Waals surface area contributed by atoms with Crippen LogP contribution in [0, 0.1) is 5.92 Å². The molecule has 176 valence electrons. The first kappa shape index (κ1) is 22.5. The number of rotatable bonds is 5. The molecule has 1 fully saturated rings. The lowest BCUT2D eigenvalue weighted by molar-refractivity contribution is -0.133. The van der Waals surface area contributed by atoms with Crippen LogP contribution < -0.4 is 10.2 Å². The number of thiophene rings is 1. The molecule has 0 spiro atoms. The molecule has 1 aromatic carbocycles. The minimum absolute atomic E-state index is 0.0978. The molecular weight excluding hydrogens is 468 g/mol. The fourth-order valence-electron chi connectivity index (χ4n) is 4.14. The summed E-state index contributed by atoms with van der Waals surface area (Å²) in [6, 6.07) is 11.6. The molecule has 4 heterocycles. The highest BCUT2D eigenvalue weighted by molar-refractivity contribution is 7.29. The standard InChI is InChI=1S/C24H26N6O2S2/c1-28(2)23(32)16-8-12-30(13-9-16)24-26-22-20(34-24)14-19(33-22)21(31)25-17-6-4-15(5-7-17)18-10-11-29(3)27-18/h4-7,10-11,14,16H,8-9,12-13H2,1-3H3,(H,25,31). The predicted molar refractivity (Wildman–Crippen MR) is 138 cm³/mol. The van der Waals surface area contributed by atoms with E-state index in [-0.39, 0.29) is 17.7 Å². The van der Waals surface area contributed by atoms with Crippen molar-refractivity contribution in [1.82, 2.24) is 19.7 Å². The monoisotopic (exact) mass is 494 g/mol. The summed E-state index contributed by atoms with van der Waals surface area (Å²) in [4.78, 5) is 35.2. The molecule has 2 amide bonds. The number of carbonyl (C=O) groups excluding carboxylic acids is 2. The molecule has 0 aliphatic carbocycles. The van der Waals surface area contributed by atoms with Gasteiger partial charge in [0.05, 0.1) is 15.3 Å². The fraction of sp³-hybridized carbons (Fsp3) is 0.333. The van der Waals surface area contributed by atoms with Gasteiger partial charge in [0.2, 0.25) is 5.91 Å². The van der Waals surface area contributed by atoms with Gasteiger partial charge in [0.25, 0.3) is 5.91 Å². The number of nitrogens with one attached hydrogen (secondary N) is 1. The number of piperidine rings is 1. The summed E-state index contributed by atoms with van der Waals surface area (Å²) in [5.41, 5.74) is 2.64. The third-order valence-corrected chi connectivity index (χ3v) is 8.23. The minimum Gasteiger partial charge on any atom is -0.349 e. The van der Waals surface area contributed by atoms with Gasteiger partial charge in [0, 0.05) is 57.6 Å². The Hall–Kier alpha value is -3.24. The van der Waals surface area contributed by atoms with Crippen molar-refractivity contribution in [3.8, 4) is 11.3 Å². The highest BCUT2D eigenvalue weighted by Crippen LogP contribution is 2.36. The molecule has 0 bridgehead atoms. The van der Waals surface area contributed by atoms with Gasteiger partial charge in [-0.2, -0.15) is 5.10 Å². The van der Waals surface area contributed by atoms with E-state index in [9.17, 15) is 9.59 Å². The average Bonchev–Trinajstić information content (AvgIpc) is 3.54. The van der Waals surface area contributed by atoms with Gasteiger partial charge >= 0.3 is 0 Å². The van der Waals surface area contributed by atoms with E-state index in [1.54, 1.807) is 20.9 Å². The zero-order valence-corrected chi connectivity index (χ0v) is 20.9. The van der Waals surface area contributed by atoms with E-state index in [1.807, 2.05) is 63.7 Å². The molecule has 0 unspecified atom stereocenters. The molecule has 1 saturated heterocycles. The Morgan fingerprint density at radius 1 is 1.09 bits per heavy atom. The second-order valence-electron chi connectivity index (χ2n) is 8.68. The van der Waals surface area contributed by atoms with Crippen LogP contribution in [-0.4, -0.2) is 58.7 Å². The maximum Gasteiger partial charge on any atom is 0.265 e. The van der Waals surface area contributed by atoms with E-state index in [0.717, 1.165) is 57.5 Å². The second kappa shape index (κ2) is 9.19. The third-order valence-electron chi connectivity index (χ3n) is 6.01. The quantitative estimate of drug-likeness (QED) is 0.447. The number of thiazole rings is 1. The largest absolute Gasteiger partial charge is 0.349 e. The number of carbonyl (C=O) groups is 2. The van der Waals surface area contributed by atoms with Gasteiger partial charge in [0.1, 0.15) is 4.83 Å². The van der Waals surface area contributed by atoms with E-state index >= 15 is 0 Å². The van der Waals surface area contributed by atoms with Gasteiger partial charge in [-0.1, -0.05) is 23.5 Å². The molecule has 1 aliphatic heterocycles. The highest BCUT2D eigenvalue weighted by atomic mass is 32.1. The van der Waals surface area contributed by atoms with Crippen molar-refractivity contribution >= 4 is 54.8 Å². The lowest BCUT2D eigenvalue weighted by atomic mass is 9.96. The summed E-state index contributed by atoms with van der Waals surface area (Å²) in [7, 11) is 5.52.